The van der Waals surface area contributed by atoms with Gasteiger partial charge in [0, 0.05) is 19.7 Å². The monoisotopic (exact) mass is 339 g/mol. The molecule has 0 bridgehead atoms. The fourth-order valence-electron chi connectivity index (χ4n) is 2.84. The van der Waals surface area contributed by atoms with Crippen LogP contribution < -0.4 is 5.56 Å². The summed E-state index contributed by atoms with van der Waals surface area (Å²) in [5.41, 5.74) is 3.64. The van der Waals surface area contributed by atoms with E-state index in [4.69, 9.17) is 0 Å². The number of carbonyl (C=O) groups excluding carboxylic acids is 1. The maximum absolute atomic E-state index is 12.7. The van der Waals surface area contributed by atoms with E-state index in [0.29, 0.717) is 22.6 Å². The minimum absolute atomic E-state index is 0.0194. The van der Waals surface area contributed by atoms with Crippen LogP contribution in [-0.4, -0.2) is 39.4 Å². The van der Waals surface area contributed by atoms with Crippen molar-refractivity contribution < 1.29 is 9.90 Å². The van der Waals surface area contributed by atoms with Gasteiger partial charge in [0.05, 0.1) is 17.8 Å². The van der Waals surface area contributed by atoms with Crippen molar-refractivity contribution in [2.24, 2.45) is 0 Å². The Hall–Kier alpha value is -3.02. The number of hydrogen-bond donors (Lipinski definition) is 2. The van der Waals surface area contributed by atoms with Crippen LogP contribution in [0.1, 0.15) is 16.8 Å². The number of carbonyl (C=O) groups is 1. The summed E-state index contributed by atoms with van der Waals surface area (Å²) in [5.74, 6) is -0.142. The number of nitrogens with one attached hydrogen (secondary N) is 1. The van der Waals surface area contributed by atoms with E-state index in [1.165, 1.54) is 15.4 Å². The second kappa shape index (κ2) is 6.12. The number of aryl methyl sites for hydroxylation is 2. The summed E-state index contributed by atoms with van der Waals surface area (Å²) in [6.45, 7) is 3.63. The zero-order valence-corrected chi connectivity index (χ0v) is 14.8. The van der Waals surface area contributed by atoms with Gasteiger partial charge in [-0.15, -0.1) is 0 Å². The van der Waals surface area contributed by atoms with Gasteiger partial charge < -0.3 is 15.0 Å². The Kier molecular flexibility index (Phi) is 4.12. The number of likely N-dealkylation sites (N-methyl/N-ethyl adjacent to an activating group) is 1. The highest BCUT2D eigenvalue weighted by atomic mass is 16.3. The van der Waals surface area contributed by atoms with E-state index in [2.05, 4.69) is 4.98 Å². The Morgan fingerprint density at radius 1 is 1.20 bits per heavy atom. The number of hydrogen-bond acceptors (Lipinski definition) is 3. The van der Waals surface area contributed by atoms with Gasteiger partial charge in [0.2, 0.25) is 5.91 Å². The number of fused-ring (bicyclic) bond motifs is 1. The number of amides is 1. The highest BCUT2D eigenvalue weighted by molar-refractivity contribution is 5.81. The molecule has 0 aliphatic rings. The number of benzene rings is 1. The third-order valence-corrected chi connectivity index (χ3v) is 4.32. The van der Waals surface area contributed by atoms with E-state index in [1.807, 2.05) is 31.2 Å². The highest BCUT2D eigenvalue weighted by Gasteiger charge is 2.21. The first-order valence-electron chi connectivity index (χ1n) is 8.03. The molecule has 1 amide bonds. The molecule has 0 fully saturated rings. The molecule has 3 rings (SSSR count). The van der Waals surface area contributed by atoms with Crippen LogP contribution in [0.4, 0.5) is 0 Å². The molecule has 6 heteroatoms. The van der Waals surface area contributed by atoms with Gasteiger partial charge in [-0.05, 0) is 25.5 Å². The van der Waals surface area contributed by atoms with E-state index in [0.717, 1.165) is 11.1 Å². The quantitative estimate of drug-likeness (QED) is 0.768. The largest absolute Gasteiger partial charge is 0.504 e. The van der Waals surface area contributed by atoms with E-state index >= 15 is 0 Å². The normalized spacial score (nSPS) is 11.0. The SMILES string of the molecule is Cc1ccc(-c2[nH]c3c(O)cc(C)c(=O)n3c2CC(=O)N(C)C)cc1. The first-order valence-corrected chi connectivity index (χ1v) is 8.03. The molecule has 6 nitrogen and oxygen atoms in total. The minimum atomic E-state index is -0.246. The number of aromatic amines is 1. The average Bonchev–Trinajstić information content (AvgIpc) is 2.93. The van der Waals surface area contributed by atoms with Crippen LogP contribution in [0.2, 0.25) is 0 Å². The molecule has 2 N–H and O–H groups in total. The molecule has 0 saturated carbocycles. The molecule has 0 unspecified atom stereocenters. The standard InChI is InChI=1S/C19H21N3O3/c1-11-5-7-13(8-6-11)17-14(10-16(24)21(3)4)22-18(20-17)15(23)9-12(2)19(22)25/h5-9,20,23H,10H2,1-4H3. The Labute approximate surface area is 145 Å². The molecule has 2 aromatic heterocycles. The lowest BCUT2D eigenvalue weighted by Crippen LogP contribution is -2.26. The number of aromatic nitrogens is 2. The second-order valence-electron chi connectivity index (χ2n) is 6.48. The first kappa shape index (κ1) is 16.8. The molecule has 25 heavy (non-hydrogen) atoms. The number of rotatable bonds is 3. The van der Waals surface area contributed by atoms with Gasteiger partial charge in [0.25, 0.3) is 5.56 Å². The van der Waals surface area contributed by atoms with E-state index < -0.39 is 0 Å². The lowest BCUT2D eigenvalue weighted by atomic mass is 10.1. The van der Waals surface area contributed by atoms with Crippen molar-refractivity contribution in [1.29, 1.82) is 0 Å². The van der Waals surface area contributed by atoms with Crippen molar-refractivity contribution in [3.05, 3.63) is 57.5 Å². The highest BCUT2D eigenvalue weighted by Crippen LogP contribution is 2.28. The lowest BCUT2D eigenvalue weighted by molar-refractivity contribution is -0.128. The van der Waals surface area contributed by atoms with E-state index in [-0.39, 0.29) is 23.6 Å². The Morgan fingerprint density at radius 3 is 2.44 bits per heavy atom. The molecule has 0 aliphatic carbocycles. The van der Waals surface area contributed by atoms with Crippen molar-refractivity contribution in [2.75, 3.05) is 14.1 Å². The van der Waals surface area contributed by atoms with Crippen LogP contribution in [0.25, 0.3) is 16.9 Å². The summed E-state index contributed by atoms with van der Waals surface area (Å²) in [6, 6.07) is 9.22. The molecule has 2 heterocycles. The van der Waals surface area contributed by atoms with Crippen molar-refractivity contribution in [1.82, 2.24) is 14.3 Å². The predicted molar refractivity (Wildman–Crippen MR) is 97.0 cm³/mol. The van der Waals surface area contributed by atoms with Crippen molar-refractivity contribution in [2.45, 2.75) is 20.3 Å². The predicted octanol–water partition coefficient (Wildman–Crippen LogP) is 2.25. The van der Waals surface area contributed by atoms with Gasteiger partial charge in [-0.25, -0.2) is 0 Å². The maximum atomic E-state index is 12.7. The molecule has 0 radical (unpaired) electrons. The third-order valence-electron chi connectivity index (χ3n) is 4.32. The topological polar surface area (TPSA) is 77.8 Å². The van der Waals surface area contributed by atoms with Crippen LogP contribution in [0.3, 0.4) is 0 Å². The maximum Gasteiger partial charge on any atom is 0.259 e. The molecular formula is C19H21N3O3. The Balaban J connectivity index is 2.33. The molecule has 0 spiro atoms. The number of aromatic hydroxyl groups is 1. The summed E-state index contributed by atoms with van der Waals surface area (Å²) < 4.78 is 1.40. The number of imidazole rings is 1. The molecule has 0 saturated heterocycles. The average molecular weight is 339 g/mol. The van der Waals surface area contributed by atoms with E-state index in [1.54, 1.807) is 21.0 Å². The van der Waals surface area contributed by atoms with Gasteiger partial charge >= 0.3 is 0 Å². The van der Waals surface area contributed by atoms with Gasteiger partial charge in [-0.2, -0.15) is 0 Å². The zero-order chi connectivity index (χ0) is 18.3. The van der Waals surface area contributed by atoms with Gasteiger partial charge in [0.15, 0.2) is 11.4 Å². The number of pyridine rings is 1. The second-order valence-corrected chi connectivity index (χ2v) is 6.48. The van der Waals surface area contributed by atoms with Crippen LogP contribution in [-0.2, 0) is 11.2 Å². The summed E-state index contributed by atoms with van der Waals surface area (Å²) in [6.07, 6.45) is 0.0546. The number of nitrogens with zero attached hydrogens (tertiary/aromatic N) is 2. The molecule has 1 aromatic carbocycles. The van der Waals surface area contributed by atoms with Crippen molar-refractivity contribution >= 4 is 11.6 Å². The lowest BCUT2D eigenvalue weighted by Gasteiger charge is -2.11. The smallest absolute Gasteiger partial charge is 0.259 e. The van der Waals surface area contributed by atoms with Crippen LogP contribution in [0.5, 0.6) is 5.75 Å². The van der Waals surface area contributed by atoms with Gasteiger partial charge in [-0.3, -0.25) is 14.0 Å². The zero-order valence-electron chi connectivity index (χ0n) is 14.8. The third kappa shape index (κ3) is 2.91. The summed E-state index contributed by atoms with van der Waals surface area (Å²) in [7, 11) is 3.35. The summed E-state index contributed by atoms with van der Waals surface area (Å²) >= 11 is 0. The number of H-pyrrole nitrogens is 1. The van der Waals surface area contributed by atoms with Crippen molar-refractivity contribution in [3.8, 4) is 17.0 Å². The molecule has 0 atom stereocenters. The minimum Gasteiger partial charge on any atom is -0.504 e. The van der Waals surface area contributed by atoms with Gasteiger partial charge in [-0.1, -0.05) is 29.8 Å². The Morgan fingerprint density at radius 2 is 1.84 bits per heavy atom. The van der Waals surface area contributed by atoms with E-state index in [9.17, 15) is 14.7 Å². The van der Waals surface area contributed by atoms with Crippen LogP contribution in [0, 0.1) is 13.8 Å². The molecular weight excluding hydrogens is 318 g/mol. The molecule has 0 aliphatic heterocycles. The van der Waals surface area contributed by atoms with Crippen molar-refractivity contribution in [3.63, 3.8) is 0 Å². The Bertz CT molecular complexity index is 1010. The fraction of sp³-hybridized carbons (Fsp3) is 0.263. The summed E-state index contributed by atoms with van der Waals surface area (Å²) in [4.78, 5) is 29.6. The first-order chi connectivity index (χ1) is 11.8. The molecule has 130 valence electrons. The molecule has 3 aromatic rings. The fourth-order valence-corrected chi connectivity index (χ4v) is 2.84. The van der Waals surface area contributed by atoms with Crippen LogP contribution in [0.15, 0.2) is 35.1 Å². The van der Waals surface area contributed by atoms with Crippen LogP contribution >= 0.6 is 0 Å². The van der Waals surface area contributed by atoms with Gasteiger partial charge in [0.1, 0.15) is 0 Å². The summed E-state index contributed by atoms with van der Waals surface area (Å²) in [5, 5.41) is 10.3.